The summed E-state index contributed by atoms with van der Waals surface area (Å²) in [5.74, 6) is 0.853. The fraction of sp³-hybridized carbons (Fsp3) is 0.267. The Hall–Kier alpha value is -1.65. The number of nitrogens with zero attached hydrogens (tertiary/aromatic N) is 1. The Balaban J connectivity index is 1.71. The number of hydrogen-bond acceptors (Lipinski definition) is 4. The van der Waals surface area contributed by atoms with Crippen LogP contribution in [0.1, 0.15) is 29.3 Å². The van der Waals surface area contributed by atoms with E-state index >= 15 is 0 Å². The van der Waals surface area contributed by atoms with Gasteiger partial charge in [0.1, 0.15) is 5.76 Å². The molecule has 2 aromatic heterocycles. The highest BCUT2D eigenvalue weighted by Crippen LogP contribution is 2.29. The van der Waals surface area contributed by atoms with Crippen molar-refractivity contribution in [2.45, 2.75) is 26.4 Å². The molecule has 3 aromatic rings. The standard InChI is InChI=1S/C15H16N2OS/c1-10-7-13(17-18-10)9-16-11(2)15-8-12-5-3-4-6-14(12)19-15/h3-8,11,16H,9H2,1-2H3. The van der Waals surface area contributed by atoms with Gasteiger partial charge in [-0.3, -0.25) is 0 Å². The lowest BCUT2D eigenvalue weighted by atomic mass is 10.2. The van der Waals surface area contributed by atoms with E-state index in [0.717, 1.165) is 18.0 Å². The van der Waals surface area contributed by atoms with Crippen LogP contribution in [-0.2, 0) is 6.54 Å². The molecule has 98 valence electrons. The molecular formula is C15H16N2OS. The van der Waals surface area contributed by atoms with E-state index in [1.165, 1.54) is 15.0 Å². The molecular weight excluding hydrogens is 256 g/mol. The second-order valence-electron chi connectivity index (χ2n) is 4.72. The molecule has 0 saturated heterocycles. The normalized spacial score (nSPS) is 12.9. The van der Waals surface area contributed by atoms with Crippen LogP contribution < -0.4 is 5.32 Å². The molecule has 0 fully saturated rings. The molecule has 3 rings (SSSR count). The molecule has 2 heterocycles. The highest BCUT2D eigenvalue weighted by atomic mass is 32.1. The molecule has 0 aliphatic rings. The monoisotopic (exact) mass is 272 g/mol. The van der Waals surface area contributed by atoms with Gasteiger partial charge in [-0.05, 0) is 31.4 Å². The minimum absolute atomic E-state index is 0.314. The molecule has 4 heteroatoms. The van der Waals surface area contributed by atoms with Gasteiger partial charge in [-0.1, -0.05) is 23.4 Å². The van der Waals surface area contributed by atoms with Crippen LogP contribution in [0.4, 0.5) is 0 Å². The summed E-state index contributed by atoms with van der Waals surface area (Å²) < 4.78 is 6.40. The van der Waals surface area contributed by atoms with E-state index in [4.69, 9.17) is 4.52 Å². The van der Waals surface area contributed by atoms with E-state index in [9.17, 15) is 0 Å². The quantitative estimate of drug-likeness (QED) is 0.778. The molecule has 0 aliphatic heterocycles. The van der Waals surface area contributed by atoms with E-state index in [-0.39, 0.29) is 0 Å². The topological polar surface area (TPSA) is 38.1 Å². The number of nitrogens with one attached hydrogen (secondary N) is 1. The molecule has 1 N–H and O–H groups in total. The number of thiophene rings is 1. The first kappa shape index (κ1) is 12.4. The predicted molar refractivity (Wildman–Crippen MR) is 78.3 cm³/mol. The molecule has 0 aliphatic carbocycles. The summed E-state index contributed by atoms with van der Waals surface area (Å²) in [4.78, 5) is 1.35. The lowest BCUT2D eigenvalue weighted by Crippen LogP contribution is -2.17. The molecule has 1 atom stereocenters. The van der Waals surface area contributed by atoms with Crippen molar-refractivity contribution >= 4 is 21.4 Å². The van der Waals surface area contributed by atoms with Crippen LogP contribution in [0.25, 0.3) is 10.1 Å². The fourth-order valence-electron chi connectivity index (χ4n) is 2.08. The van der Waals surface area contributed by atoms with Gasteiger partial charge < -0.3 is 9.84 Å². The average Bonchev–Trinajstić information content (AvgIpc) is 3.01. The van der Waals surface area contributed by atoms with Crippen molar-refractivity contribution in [3.05, 3.63) is 52.7 Å². The summed E-state index contributed by atoms with van der Waals surface area (Å²) in [5.41, 5.74) is 0.950. The lowest BCUT2D eigenvalue weighted by Gasteiger charge is -2.09. The van der Waals surface area contributed by atoms with Crippen molar-refractivity contribution in [2.24, 2.45) is 0 Å². The number of aryl methyl sites for hydroxylation is 1. The van der Waals surface area contributed by atoms with Crippen molar-refractivity contribution in [1.29, 1.82) is 0 Å². The summed E-state index contributed by atoms with van der Waals surface area (Å²) >= 11 is 1.84. The van der Waals surface area contributed by atoms with Gasteiger partial charge in [-0.15, -0.1) is 11.3 Å². The van der Waals surface area contributed by atoms with Crippen LogP contribution in [-0.4, -0.2) is 5.16 Å². The van der Waals surface area contributed by atoms with Gasteiger partial charge in [0.15, 0.2) is 0 Å². The van der Waals surface area contributed by atoms with E-state index in [1.54, 1.807) is 0 Å². The first-order valence-corrected chi connectivity index (χ1v) is 7.18. The largest absolute Gasteiger partial charge is 0.361 e. The molecule has 0 spiro atoms. The summed E-state index contributed by atoms with van der Waals surface area (Å²) in [6, 6.07) is 13.0. The van der Waals surface area contributed by atoms with Crippen LogP contribution in [0.3, 0.4) is 0 Å². The summed E-state index contributed by atoms with van der Waals surface area (Å²) in [7, 11) is 0. The Labute approximate surface area is 116 Å². The first-order valence-electron chi connectivity index (χ1n) is 6.36. The van der Waals surface area contributed by atoms with Gasteiger partial charge in [0.05, 0.1) is 5.69 Å². The zero-order valence-electron chi connectivity index (χ0n) is 11.0. The van der Waals surface area contributed by atoms with Crippen molar-refractivity contribution in [1.82, 2.24) is 10.5 Å². The third-order valence-corrected chi connectivity index (χ3v) is 4.44. The molecule has 0 amide bonds. The molecule has 3 nitrogen and oxygen atoms in total. The Kier molecular flexibility index (Phi) is 3.36. The van der Waals surface area contributed by atoms with Gasteiger partial charge in [0.2, 0.25) is 0 Å². The van der Waals surface area contributed by atoms with Gasteiger partial charge in [-0.2, -0.15) is 0 Å². The third-order valence-electron chi connectivity index (χ3n) is 3.14. The van der Waals surface area contributed by atoms with Crippen molar-refractivity contribution in [2.75, 3.05) is 0 Å². The minimum atomic E-state index is 0.314. The second kappa shape index (κ2) is 5.15. The molecule has 0 saturated carbocycles. The summed E-state index contributed by atoms with van der Waals surface area (Å²) in [6.45, 7) is 4.82. The van der Waals surface area contributed by atoms with Gasteiger partial charge in [0.25, 0.3) is 0 Å². The fourth-order valence-corrected chi connectivity index (χ4v) is 3.17. The molecule has 19 heavy (non-hydrogen) atoms. The maximum Gasteiger partial charge on any atom is 0.133 e. The highest BCUT2D eigenvalue weighted by Gasteiger charge is 2.10. The van der Waals surface area contributed by atoms with Crippen LogP contribution >= 0.6 is 11.3 Å². The van der Waals surface area contributed by atoms with Crippen LogP contribution in [0.5, 0.6) is 0 Å². The van der Waals surface area contributed by atoms with Crippen molar-refractivity contribution in [3.8, 4) is 0 Å². The third kappa shape index (κ3) is 2.69. The smallest absolute Gasteiger partial charge is 0.133 e. The Bertz CT molecular complexity index is 653. The minimum Gasteiger partial charge on any atom is -0.361 e. The highest BCUT2D eigenvalue weighted by molar-refractivity contribution is 7.19. The zero-order valence-corrected chi connectivity index (χ0v) is 11.8. The van der Waals surface area contributed by atoms with Gasteiger partial charge >= 0.3 is 0 Å². The molecule has 1 unspecified atom stereocenters. The Morgan fingerprint density at radius 2 is 2.16 bits per heavy atom. The number of aromatic nitrogens is 1. The molecule has 0 radical (unpaired) electrons. The number of rotatable bonds is 4. The molecule has 1 aromatic carbocycles. The van der Waals surface area contributed by atoms with Crippen LogP contribution in [0.15, 0.2) is 40.9 Å². The number of hydrogen-bond donors (Lipinski definition) is 1. The van der Waals surface area contributed by atoms with E-state index in [0.29, 0.717) is 6.04 Å². The maximum absolute atomic E-state index is 5.06. The summed E-state index contributed by atoms with van der Waals surface area (Å²) in [6.07, 6.45) is 0. The van der Waals surface area contributed by atoms with Crippen molar-refractivity contribution in [3.63, 3.8) is 0 Å². The second-order valence-corrected chi connectivity index (χ2v) is 5.83. The summed E-state index contributed by atoms with van der Waals surface area (Å²) in [5, 5.41) is 8.78. The first-order chi connectivity index (χ1) is 9.22. The Morgan fingerprint density at radius 3 is 2.89 bits per heavy atom. The van der Waals surface area contributed by atoms with Crippen LogP contribution in [0, 0.1) is 6.92 Å². The SMILES string of the molecule is Cc1cc(CNC(C)c2cc3ccccc3s2)no1. The molecule has 0 bridgehead atoms. The van der Waals surface area contributed by atoms with Crippen LogP contribution in [0.2, 0.25) is 0 Å². The van der Waals surface area contributed by atoms with Gasteiger partial charge in [-0.25, -0.2) is 0 Å². The van der Waals surface area contributed by atoms with Crippen molar-refractivity contribution < 1.29 is 4.52 Å². The van der Waals surface area contributed by atoms with E-state index < -0.39 is 0 Å². The number of benzene rings is 1. The van der Waals surface area contributed by atoms with Gasteiger partial charge in [0, 0.05) is 28.2 Å². The van der Waals surface area contributed by atoms with E-state index in [1.807, 2.05) is 24.3 Å². The Morgan fingerprint density at radius 1 is 1.32 bits per heavy atom. The maximum atomic E-state index is 5.06. The average molecular weight is 272 g/mol. The van der Waals surface area contributed by atoms with E-state index in [2.05, 4.69) is 47.7 Å². The number of fused-ring (bicyclic) bond motifs is 1. The lowest BCUT2D eigenvalue weighted by molar-refractivity contribution is 0.386. The predicted octanol–water partition coefficient (Wildman–Crippen LogP) is 4.05. The zero-order chi connectivity index (χ0) is 13.2.